The van der Waals surface area contributed by atoms with Gasteiger partial charge in [0.05, 0.1) is 0 Å². The summed E-state index contributed by atoms with van der Waals surface area (Å²) >= 11 is 1.42. The van der Waals surface area contributed by atoms with Crippen LogP contribution in [0.3, 0.4) is 0 Å². The average Bonchev–Trinajstić information content (AvgIpc) is 2.94. The van der Waals surface area contributed by atoms with Gasteiger partial charge in [0.1, 0.15) is 6.10 Å². The van der Waals surface area contributed by atoms with E-state index in [9.17, 15) is 14.7 Å². The van der Waals surface area contributed by atoms with E-state index in [2.05, 4.69) is 10.6 Å². The number of benzene rings is 1. The standard InChI is InChI=1S/C18H22N2O3S/c1-10-7-12(3)15(13(4)8-10)20-18(23)17(22)19-9-14(21)16-11(2)5-6-24-16/h5-8,14,21H,9H2,1-4H3,(H,19,22)(H,20,23). The average molecular weight is 346 g/mol. The van der Waals surface area contributed by atoms with Crippen LogP contribution in [0.15, 0.2) is 23.6 Å². The van der Waals surface area contributed by atoms with Crippen molar-refractivity contribution >= 4 is 28.8 Å². The van der Waals surface area contributed by atoms with Crippen LogP contribution in [0.4, 0.5) is 5.69 Å². The Balaban J connectivity index is 1.96. The zero-order valence-electron chi connectivity index (χ0n) is 14.3. The summed E-state index contributed by atoms with van der Waals surface area (Å²) in [7, 11) is 0. The molecule has 5 nitrogen and oxygen atoms in total. The second-order valence-electron chi connectivity index (χ2n) is 5.92. The van der Waals surface area contributed by atoms with Gasteiger partial charge in [0, 0.05) is 17.1 Å². The van der Waals surface area contributed by atoms with E-state index in [1.165, 1.54) is 11.3 Å². The molecule has 2 aromatic rings. The molecule has 1 atom stereocenters. The van der Waals surface area contributed by atoms with Crippen molar-refractivity contribution in [3.8, 4) is 0 Å². The van der Waals surface area contributed by atoms with Crippen molar-refractivity contribution < 1.29 is 14.7 Å². The number of aliphatic hydroxyl groups excluding tert-OH is 1. The molecule has 0 saturated heterocycles. The van der Waals surface area contributed by atoms with E-state index in [1.807, 2.05) is 51.3 Å². The molecule has 6 heteroatoms. The molecule has 2 rings (SSSR count). The maximum Gasteiger partial charge on any atom is 0.313 e. The lowest BCUT2D eigenvalue weighted by molar-refractivity contribution is -0.136. The Morgan fingerprint density at radius 2 is 1.71 bits per heavy atom. The number of rotatable bonds is 4. The number of carbonyl (C=O) groups is 2. The summed E-state index contributed by atoms with van der Waals surface area (Å²) in [4.78, 5) is 24.8. The van der Waals surface area contributed by atoms with Crippen molar-refractivity contribution in [1.29, 1.82) is 0 Å². The third-order valence-electron chi connectivity index (χ3n) is 3.78. The van der Waals surface area contributed by atoms with Crippen molar-refractivity contribution in [2.75, 3.05) is 11.9 Å². The lowest BCUT2D eigenvalue weighted by atomic mass is 10.1. The smallest absolute Gasteiger partial charge is 0.313 e. The van der Waals surface area contributed by atoms with Crippen LogP contribution in [0.2, 0.25) is 0 Å². The molecule has 0 radical (unpaired) electrons. The first kappa shape index (κ1) is 18.2. The molecule has 1 aromatic heterocycles. The SMILES string of the molecule is Cc1cc(C)c(NC(=O)C(=O)NCC(O)c2sccc2C)c(C)c1. The molecule has 0 aliphatic rings. The molecule has 1 heterocycles. The van der Waals surface area contributed by atoms with Gasteiger partial charge in [-0.1, -0.05) is 17.7 Å². The van der Waals surface area contributed by atoms with Crippen molar-refractivity contribution in [3.63, 3.8) is 0 Å². The Morgan fingerprint density at radius 3 is 2.25 bits per heavy atom. The number of thiophene rings is 1. The van der Waals surface area contributed by atoms with E-state index in [0.29, 0.717) is 5.69 Å². The van der Waals surface area contributed by atoms with Gasteiger partial charge in [-0.05, 0) is 55.8 Å². The van der Waals surface area contributed by atoms with Crippen LogP contribution in [-0.2, 0) is 9.59 Å². The Labute approximate surface area is 145 Å². The van der Waals surface area contributed by atoms with Gasteiger partial charge in [-0.25, -0.2) is 0 Å². The van der Waals surface area contributed by atoms with Crippen molar-refractivity contribution in [2.24, 2.45) is 0 Å². The number of carbonyl (C=O) groups excluding carboxylic acids is 2. The Bertz CT molecular complexity index is 744. The fourth-order valence-electron chi connectivity index (χ4n) is 2.64. The summed E-state index contributed by atoms with van der Waals surface area (Å²) in [5.41, 5.74) is 4.53. The second-order valence-corrected chi connectivity index (χ2v) is 6.87. The van der Waals surface area contributed by atoms with Crippen LogP contribution in [0, 0.1) is 27.7 Å². The van der Waals surface area contributed by atoms with Crippen LogP contribution in [0.5, 0.6) is 0 Å². The molecular weight excluding hydrogens is 324 g/mol. The van der Waals surface area contributed by atoms with Crippen LogP contribution < -0.4 is 10.6 Å². The molecule has 0 saturated carbocycles. The lowest BCUT2D eigenvalue weighted by Gasteiger charge is -2.14. The fraction of sp³-hybridized carbons (Fsp3) is 0.333. The third-order valence-corrected chi connectivity index (χ3v) is 4.90. The molecule has 0 aliphatic heterocycles. The summed E-state index contributed by atoms with van der Waals surface area (Å²) in [6, 6.07) is 5.80. The number of anilines is 1. The van der Waals surface area contributed by atoms with E-state index >= 15 is 0 Å². The minimum Gasteiger partial charge on any atom is -0.386 e. The van der Waals surface area contributed by atoms with Gasteiger partial charge >= 0.3 is 11.8 Å². The van der Waals surface area contributed by atoms with Crippen molar-refractivity contribution in [3.05, 3.63) is 50.7 Å². The van der Waals surface area contributed by atoms with Gasteiger partial charge in [0.2, 0.25) is 0 Å². The molecule has 1 aromatic carbocycles. The maximum absolute atomic E-state index is 12.1. The summed E-state index contributed by atoms with van der Waals surface area (Å²) < 4.78 is 0. The number of hydrogen-bond acceptors (Lipinski definition) is 4. The Morgan fingerprint density at radius 1 is 1.08 bits per heavy atom. The Kier molecular flexibility index (Phi) is 5.75. The molecule has 1 unspecified atom stereocenters. The number of hydrogen-bond donors (Lipinski definition) is 3. The number of aryl methyl sites for hydroxylation is 4. The molecule has 3 N–H and O–H groups in total. The molecule has 128 valence electrons. The highest BCUT2D eigenvalue weighted by molar-refractivity contribution is 7.10. The van der Waals surface area contributed by atoms with Crippen molar-refractivity contribution in [1.82, 2.24) is 5.32 Å². The highest BCUT2D eigenvalue weighted by Gasteiger charge is 2.18. The fourth-order valence-corrected chi connectivity index (χ4v) is 3.55. The molecular formula is C18H22N2O3S. The second kappa shape index (κ2) is 7.59. The summed E-state index contributed by atoms with van der Waals surface area (Å²) in [6.45, 7) is 7.64. The quantitative estimate of drug-likeness (QED) is 0.745. The predicted octanol–water partition coefficient (Wildman–Crippen LogP) is 2.77. The van der Waals surface area contributed by atoms with E-state index in [1.54, 1.807) is 0 Å². The van der Waals surface area contributed by atoms with E-state index in [0.717, 1.165) is 27.1 Å². The van der Waals surface area contributed by atoms with Gasteiger partial charge in [0.25, 0.3) is 0 Å². The van der Waals surface area contributed by atoms with E-state index in [-0.39, 0.29) is 6.54 Å². The number of nitrogens with one attached hydrogen (secondary N) is 2. The van der Waals surface area contributed by atoms with Gasteiger partial charge in [0.15, 0.2) is 0 Å². The highest BCUT2D eigenvalue weighted by atomic mass is 32.1. The zero-order chi connectivity index (χ0) is 17.9. The van der Waals surface area contributed by atoms with Crippen molar-refractivity contribution in [2.45, 2.75) is 33.8 Å². The number of aliphatic hydroxyl groups is 1. The van der Waals surface area contributed by atoms with Crippen LogP contribution in [-0.4, -0.2) is 23.5 Å². The maximum atomic E-state index is 12.1. The molecule has 24 heavy (non-hydrogen) atoms. The van der Waals surface area contributed by atoms with Gasteiger partial charge < -0.3 is 15.7 Å². The monoisotopic (exact) mass is 346 g/mol. The normalized spacial score (nSPS) is 11.9. The summed E-state index contributed by atoms with van der Waals surface area (Å²) in [6.07, 6.45) is -0.815. The minimum atomic E-state index is -0.815. The van der Waals surface area contributed by atoms with Gasteiger partial charge in [-0.2, -0.15) is 0 Å². The van der Waals surface area contributed by atoms with E-state index in [4.69, 9.17) is 0 Å². The van der Waals surface area contributed by atoms with Gasteiger partial charge in [-0.3, -0.25) is 9.59 Å². The molecule has 0 bridgehead atoms. The topological polar surface area (TPSA) is 78.4 Å². The zero-order valence-corrected chi connectivity index (χ0v) is 15.1. The molecule has 0 spiro atoms. The highest BCUT2D eigenvalue weighted by Crippen LogP contribution is 2.23. The van der Waals surface area contributed by atoms with Crippen LogP contribution in [0.25, 0.3) is 0 Å². The molecule has 0 fully saturated rings. The van der Waals surface area contributed by atoms with E-state index < -0.39 is 17.9 Å². The summed E-state index contributed by atoms with van der Waals surface area (Å²) in [5.74, 6) is -1.50. The predicted molar refractivity (Wildman–Crippen MR) is 96.3 cm³/mol. The Hall–Kier alpha value is -2.18. The largest absolute Gasteiger partial charge is 0.386 e. The molecule has 2 amide bonds. The van der Waals surface area contributed by atoms with Crippen LogP contribution in [0.1, 0.15) is 33.2 Å². The molecule has 0 aliphatic carbocycles. The number of amides is 2. The first-order valence-corrected chi connectivity index (χ1v) is 8.56. The van der Waals surface area contributed by atoms with Gasteiger partial charge in [-0.15, -0.1) is 11.3 Å². The third kappa shape index (κ3) is 4.21. The first-order chi connectivity index (χ1) is 11.3. The lowest BCUT2D eigenvalue weighted by Crippen LogP contribution is -2.37. The minimum absolute atomic E-state index is 0.000527. The van der Waals surface area contributed by atoms with Crippen LogP contribution >= 0.6 is 11.3 Å². The summed E-state index contributed by atoms with van der Waals surface area (Å²) in [5, 5.41) is 17.1. The first-order valence-electron chi connectivity index (χ1n) is 7.68.